The molecule has 0 radical (unpaired) electrons. The first-order chi connectivity index (χ1) is 17.4. The van der Waals surface area contributed by atoms with Crippen molar-refractivity contribution in [3.8, 4) is 11.3 Å². The van der Waals surface area contributed by atoms with Gasteiger partial charge in [0.25, 0.3) is 0 Å². The normalized spacial score (nSPS) is 22.7. The number of hydrogen-bond donors (Lipinski definition) is 2. The third-order valence-corrected chi connectivity index (χ3v) is 8.48. The number of aromatic nitrogens is 1. The van der Waals surface area contributed by atoms with E-state index in [1.54, 1.807) is 29.2 Å². The van der Waals surface area contributed by atoms with Crippen molar-refractivity contribution in [2.24, 2.45) is 5.92 Å². The molecule has 2 N–H and O–H groups in total. The van der Waals surface area contributed by atoms with Crippen molar-refractivity contribution in [3.05, 3.63) is 72.8 Å². The van der Waals surface area contributed by atoms with E-state index in [1.165, 1.54) is 12.7 Å². The van der Waals surface area contributed by atoms with Crippen LogP contribution < -0.4 is 10.0 Å². The maximum Gasteiger partial charge on any atom is 0.240 e. The summed E-state index contributed by atoms with van der Waals surface area (Å²) >= 11 is 0. The second-order valence-electron chi connectivity index (χ2n) is 9.26. The van der Waals surface area contributed by atoms with Gasteiger partial charge in [0.2, 0.25) is 21.8 Å². The third kappa shape index (κ3) is 5.19. The van der Waals surface area contributed by atoms with E-state index in [1.807, 2.05) is 30.3 Å². The number of rotatable bonds is 6. The van der Waals surface area contributed by atoms with Crippen molar-refractivity contribution < 1.29 is 22.4 Å². The van der Waals surface area contributed by atoms with Crippen LogP contribution in [-0.4, -0.2) is 49.2 Å². The zero-order valence-corrected chi connectivity index (χ0v) is 20.5. The Morgan fingerprint density at radius 1 is 1.03 bits per heavy atom. The average molecular weight is 509 g/mol. The highest BCUT2D eigenvalue weighted by Crippen LogP contribution is 2.31. The predicted octanol–water partition coefficient (Wildman–Crippen LogP) is 2.88. The minimum Gasteiger partial charge on any atom is -0.451 e. The van der Waals surface area contributed by atoms with Crippen LogP contribution in [0.4, 0.5) is 0 Å². The summed E-state index contributed by atoms with van der Waals surface area (Å²) in [6, 6.07) is 15.7. The molecule has 10 heteroatoms. The average Bonchev–Trinajstić information content (AvgIpc) is 3.44. The summed E-state index contributed by atoms with van der Waals surface area (Å²) in [4.78, 5) is 31.4. The molecule has 1 aliphatic heterocycles. The second-order valence-corrected chi connectivity index (χ2v) is 11.0. The van der Waals surface area contributed by atoms with E-state index >= 15 is 0 Å². The number of hydrogen-bond acceptors (Lipinski definition) is 6. The molecule has 1 aromatic heterocycles. The lowest BCUT2D eigenvalue weighted by Gasteiger charge is -2.39. The molecule has 2 aliphatic rings. The summed E-state index contributed by atoms with van der Waals surface area (Å²) in [5.41, 5.74) is 2.39. The van der Waals surface area contributed by atoms with Crippen LogP contribution in [0.5, 0.6) is 0 Å². The zero-order valence-electron chi connectivity index (χ0n) is 19.7. The number of carbonyl (C=O) groups excluding carboxylic acids is 2. The Kier molecular flexibility index (Phi) is 6.88. The Morgan fingerprint density at radius 3 is 2.42 bits per heavy atom. The number of oxazole rings is 1. The first kappa shape index (κ1) is 24.2. The van der Waals surface area contributed by atoms with Crippen LogP contribution in [0.25, 0.3) is 11.3 Å². The van der Waals surface area contributed by atoms with Crippen LogP contribution in [0.15, 0.2) is 76.6 Å². The Morgan fingerprint density at radius 2 is 1.75 bits per heavy atom. The Bertz CT molecular complexity index is 1300. The van der Waals surface area contributed by atoms with Gasteiger partial charge in [-0.05, 0) is 43.4 Å². The highest BCUT2D eigenvalue weighted by atomic mass is 32.2. The molecule has 0 bridgehead atoms. The standard InChI is InChI=1S/C26H28N4O5S/c31-25-15-30(24(14-27-25)19-4-2-1-3-5-19)26(32)20-6-10-21(11-7-20)29-36(33,34)22-12-8-18(9-13-22)23-16-35-17-28-23/h1-5,8-9,12-13,16-17,20-21,24,29H,6-7,10-11,14-15H2,(H,27,31). The van der Waals surface area contributed by atoms with Crippen LogP contribution in [0.3, 0.4) is 0 Å². The maximum atomic E-state index is 13.4. The molecule has 3 aromatic rings. The van der Waals surface area contributed by atoms with E-state index in [0.717, 1.165) is 11.1 Å². The summed E-state index contributed by atoms with van der Waals surface area (Å²) in [5, 5.41) is 2.86. The highest BCUT2D eigenvalue weighted by molar-refractivity contribution is 7.89. The molecule has 1 saturated carbocycles. The SMILES string of the molecule is O=C1CN(C(=O)C2CCC(NS(=O)(=O)c3ccc(-c4cocn4)cc3)CC2)C(c2ccccc2)CN1. The van der Waals surface area contributed by atoms with Crippen molar-refractivity contribution in [2.75, 3.05) is 13.1 Å². The number of nitrogens with one attached hydrogen (secondary N) is 2. The summed E-state index contributed by atoms with van der Waals surface area (Å²) < 4.78 is 33.6. The maximum absolute atomic E-state index is 13.4. The van der Waals surface area contributed by atoms with Gasteiger partial charge in [0, 0.05) is 24.1 Å². The van der Waals surface area contributed by atoms with Gasteiger partial charge in [-0.2, -0.15) is 0 Å². The van der Waals surface area contributed by atoms with Gasteiger partial charge in [-0.25, -0.2) is 18.1 Å². The van der Waals surface area contributed by atoms with Crippen molar-refractivity contribution >= 4 is 21.8 Å². The summed E-state index contributed by atoms with van der Waals surface area (Å²) in [5.74, 6) is -0.431. The lowest BCUT2D eigenvalue weighted by molar-refractivity contribution is -0.145. The largest absolute Gasteiger partial charge is 0.451 e. The lowest BCUT2D eigenvalue weighted by Crippen LogP contribution is -2.54. The molecule has 36 heavy (non-hydrogen) atoms. The van der Waals surface area contributed by atoms with Crippen LogP contribution >= 0.6 is 0 Å². The van der Waals surface area contributed by atoms with Gasteiger partial charge in [0.1, 0.15) is 18.5 Å². The highest BCUT2D eigenvalue weighted by Gasteiger charge is 2.37. The molecule has 5 rings (SSSR count). The fourth-order valence-corrected chi connectivity index (χ4v) is 6.29. The molecule has 1 unspecified atom stereocenters. The van der Waals surface area contributed by atoms with Crippen LogP contribution in [-0.2, 0) is 19.6 Å². The zero-order chi connectivity index (χ0) is 25.1. The van der Waals surface area contributed by atoms with Crippen LogP contribution in [0.2, 0.25) is 0 Å². The number of sulfonamides is 1. The van der Waals surface area contributed by atoms with E-state index in [2.05, 4.69) is 15.0 Å². The summed E-state index contributed by atoms with van der Waals surface area (Å²) in [6.07, 6.45) is 5.07. The number of amides is 2. The van der Waals surface area contributed by atoms with Gasteiger partial charge in [-0.3, -0.25) is 9.59 Å². The topological polar surface area (TPSA) is 122 Å². The molecule has 2 aromatic carbocycles. The first-order valence-electron chi connectivity index (χ1n) is 12.0. The van der Waals surface area contributed by atoms with Gasteiger partial charge in [-0.1, -0.05) is 42.5 Å². The Hall–Kier alpha value is -3.50. The van der Waals surface area contributed by atoms with Gasteiger partial charge in [0.15, 0.2) is 6.39 Å². The molecule has 9 nitrogen and oxygen atoms in total. The third-order valence-electron chi connectivity index (χ3n) is 6.94. The number of carbonyl (C=O) groups is 2. The van der Waals surface area contributed by atoms with Crippen LogP contribution in [0, 0.1) is 5.92 Å². The van der Waals surface area contributed by atoms with Crippen LogP contribution in [0.1, 0.15) is 37.3 Å². The lowest BCUT2D eigenvalue weighted by atomic mass is 9.85. The quantitative estimate of drug-likeness (QED) is 0.528. The van der Waals surface area contributed by atoms with E-state index in [0.29, 0.717) is 37.9 Å². The van der Waals surface area contributed by atoms with Gasteiger partial charge >= 0.3 is 0 Å². The molecule has 188 valence electrons. The van der Waals surface area contributed by atoms with Crippen molar-refractivity contribution in [1.82, 2.24) is 19.9 Å². The summed E-state index contributed by atoms with van der Waals surface area (Å²) in [6.45, 7) is 0.425. The smallest absolute Gasteiger partial charge is 0.240 e. The van der Waals surface area contributed by atoms with E-state index in [-0.39, 0.29) is 41.3 Å². The molecule has 2 amide bonds. The predicted molar refractivity (Wildman–Crippen MR) is 132 cm³/mol. The van der Waals surface area contributed by atoms with Crippen molar-refractivity contribution in [3.63, 3.8) is 0 Å². The second kappa shape index (κ2) is 10.2. The van der Waals surface area contributed by atoms with E-state index in [4.69, 9.17) is 4.42 Å². The minimum absolute atomic E-state index is 0.0370. The molecule has 1 aliphatic carbocycles. The van der Waals surface area contributed by atoms with E-state index in [9.17, 15) is 18.0 Å². The van der Waals surface area contributed by atoms with Crippen molar-refractivity contribution in [2.45, 2.75) is 42.7 Å². The minimum atomic E-state index is -3.70. The van der Waals surface area contributed by atoms with Gasteiger partial charge < -0.3 is 14.6 Å². The molecular weight excluding hydrogens is 480 g/mol. The molecule has 2 fully saturated rings. The summed E-state index contributed by atoms with van der Waals surface area (Å²) in [7, 11) is -3.70. The molecule has 0 spiro atoms. The Labute approximate surface area is 210 Å². The molecule has 2 heterocycles. The number of benzene rings is 2. The molecular formula is C26H28N4O5S. The first-order valence-corrected chi connectivity index (χ1v) is 13.5. The monoisotopic (exact) mass is 508 g/mol. The fourth-order valence-electron chi connectivity index (χ4n) is 4.99. The molecule has 1 saturated heterocycles. The molecule has 1 atom stereocenters. The van der Waals surface area contributed by atoms with Gasteiger partial charge in [0.05, 0.1) is 10.9 Å². The van der Waals surface area contributed by atoms with Crippen molar-refractivity contribution in [1.29, 1.82) is 0 Å². The fraction of sp³-hybridized carbons (Fsp3) is 0.346. The van der Waals surface area contributed by atoms with Gasteiger partial charge in [-0.15, -0.1) is 0 Å². The number of nitrogens with zero attached hydrogens (tertiary/aromatic N) is 2. The van der Waals surface area contributed by atoms with E-state index < -0.39 is 10.0 Å². The number of piperazine rings is 1. The Balaban J connectivity index is 1.20.